The van der Waals surface area contributed by atoms with Gasteiger partial charge in [0.1, 0.15) is 0 Å². The van der Waals surface area contributed by atoms with Crippen LogP contribution in [0.1, 0.15) is 48.9 Å². The van der Waals surface area contributed by atoms with E-state index in [1.54, 1.807) is 35.7 Å². The first-order valence-corrected chi connectivity index (χ1v) is 12.4. The molecule has 0 saturated carbocycles. The molecule has 0 bridgehead atoms. The lowest BCUT2D eigenvalue weighted by atomic mass is 9.97. The van der Waals surface area contributed by atoms with Crippen LogP contribution in [0.5, 0.6) is 0 Å². The molecule has 3 rings (SSSR count). The van der Waals surface area contributed by atoms with Gasteiger partial charge in [0, 0.05) is 45.5 Å². The van der Waals surface area contributed by atoms with Gasteiger partial charge in [0.15, 0.2) is 0 Å². The van der Waals surface area contributed by atoms with Gasteiger partial charge in [-0.05, 0) is 55.9 Å². The summed E-state index contributed by atoms with van der Waals surface area (Å²) < 4.78 is 38.0. The van der Waals surface area contributed by atoms with E-state index in [0.717, 1.165) is 38.5 Å². The number of hydrogen-bond donors (Lipinski definition) is 0. The lowest BCUT2D eigenvalue weighted by molar-refractivity contribution is 0.0327. The summed E-state index contributed by atoms with van der Waals surface area (Å²) in [5, 5.41) is 0. The Kier molecular flexibility index (Phi) is 8.68. The molecule has 8 heteroatoms. The summed E-state index contributed by atoms with van der Waals surface area (Å²) >= 11 is 0. The standard InChI is InChI=1S/C22H34N2O5S/c1-28-16-17-29-18-19-10-14-23(15-11-19)22(25)20-6-8-21(9-7-20)30(26,27)24-12-4-2-3-5-13-24/h6-9,19H,2-5,10-18H2,1H3. The third-order valence-corrected chi connectivity index (χ3v) is 7.90. The molecule has 0 spiro atoms. The molecule has 0 N–H and O–H groups in total. The zero-order chi connectivity index (χ0) is 21.4. The quantitative estimate of drug-likeness (QED) is 0.584. The highest BCUT2D eigenvalue weighted by Crippen LogP contribution is 2.23. The Balaban J connectivity index is 1.54. The van der Waals surface area contributed by atoms with Gasteiger partial charge >= 0.3 is 0 Å². The number of likely N-dealkylation sites (tertiary alicyclic amines) is 1. The number of carbonyl (C=O) groups is 1. The highest BCUT2D eigenvalue weighted by atomic mass is 32.2. The Morgan fingerprint density at radius 1 is 0.967 bits per heavy atom. The van der Waals surface area contributed by atoms with Crippen LogP contribution in [0.2, 0.25) is 0 Å². The number of hydrogen-bond acceptors (Lipinski definition) is 5. The molecule has 2 aliphatic heterocycles. The highest BCUT2D eigenvalue weighted by molar-refractivity contribution is 7.89. The van der Waals surface area contributed by atoms with E-state index in [1.165, 1.54) is 0 Å². The zero-order valence-electron chi connectivity index (χ0n) is 17.9. The van der Waals surface area contributed by atoms with E-state index < -0.39 is 10.0 Å². The molecule has 1 aromatic rings. The van der Waals surface area contributed by atoms with Crippen LogP contribution >= 0.6 is 0 Å². The third kappa shape index (κ3) is 6.03. The fourth-order valence-electron chi connectivity index (χ4n) is 4.08. The Morgan fingerprint density at radius 2 is 1.60 bits per heavy atom. The van der Waals surface area contributed by atoms with Crippen molar-refractivity contribution < 1.29 is 22.7 Å². The summed E-state index contributed by atoms with van der Waals surface area (Å²) in [5.74, 6) is 0.430. The van der Waals surface area contributed by atoms with E-state index in [4.69, 9.17) is 9.47 Å². The number of nitrogens with zero attached hydrogens (tertiary/aromatic N) is 2. The van der Waals surface area contributed by atoms with Crippen molar-refractivity contribution >= 4 is 15.9 Å². The van der Waals surface area contributed by atoms with Crippen LogP contribution in [0.25, 0.3) is 0 Å². The number of benzene rings is 1. The zero-order valence-corrected chi connectivity index (χ0v) is 18.7. The van der Waals surface area contributed by atoms with E-state index in [1.807, 2.05) is 4.90 Å². The van der Waals surface area contributed by atoms with Crippen LogP contribution in [0.15, 0.2) is 29.2 Å². The predicted octanol–water partition coefficient (Wildman–Crippen LogP) is 2.77. The maximum atomic E-state index is 12.9. The lowest BCUT2D eigenvalue weighted by Crippen LogP contribution is -2.39. The summed E-state index contributed by atoms with van der Waals surface area (Å²) in [4.78, 5) is 15.0. The summed E-state index contributed by atoms with van der Waals surface area (Å²) in [6, 6.07) is 6.44. The van der Waals surface area contributed by atoms with Gasteiger partial charge in [-0.15, -0.1) is 0 Å². The second-order valence-electron chi connectivity index (χ2n) is 8.15. The third-order valence-electron chi connectivity index (χ3n) is 5.99. The Hall–Kier alpha value is -1.48. The number of rotatable bonds is 8. The number of sulfonamides is 1. The summed E-state index contributed by atoms with van der Waals surface area (Å²) in [6.07, 6.45) is 5.80. The molecule has 1 amide bonds. The smallest absolute Gasteiger partial charge is 0.253 e. The van der Waals surface area contributed by atoms with Gasteiger partial charge in [0.2, 0.25) is 10.0 Å². The second kappa shape index (κ2) is 11.2. The number of methoxy groups -OCH3 is 1. The van der Waals surface area contributed by atoms with E-state index >= 15 is 0 Å². The molecule has 30 heavy (non-hydrogen) atoms. The average molecular weight is 439 g/mol. The van der Waals surface area contributed by atoms with E-state index in [9.17, 15) is 13.2 Å². The Bertz CT molecular complexity index is 765. The minimum absolute atomic E-state index is 0.0347. The van der Waals surface area contributed by atoms with Gasteiger partial charge < -0.3 is 14.4 Å². The van der Waals surface area contributed by atoms with Crippen molar-refractivity contribution in [2.45, 2.75) is 43.4 Å². The van der Waals surface area contributed by atoms with Crippen LogP contribution in [-0.2, 0) is 19.5 Å². The van der Waals surface area contributed by atoms with Gasteiger partial charge in [0.25, 0.3) is 5.91 Å². The molecule has 0 aromatic heterocycles. The van der Waals surface area contributed by atoms with Crippen molar-refractivity contribution in [1.29, 1.82) is 0 Å². The molecule has 2 heterocycles. The molecule has 2 fully saturated rings. The second-order valence-corrected chi connectivity index (χ2v) is 10.1. The molecular formula is C22H34N2O5S. The van der Waals surface area contributed by atoms with E-state index in [0.29, 0.717) is 57.5 Å². The van der Waals surface area contributed by atoms with Crippen LogP contribution in [0, 0.1) is 5.92 Å². The monoisotopic (exact) mass is 438 g/mol. The lowest BCUT2D eigenvalue weighted by Gasteiger charge is -2.32. The SMILES string of the molecule is COCCOCC1CCN(C(=O)c2ccc(S(=O)(=O)N3CCCCCC3)cc2)CC1. The van der Waals surface area contributed by atoms with Crippen molar-refractivity contribution in [1.82, 2.24) is 9.21 Å². The normalized spacial score (nSPS) is 19.6. The average Bonchev–Trinajstić information content (AvgIpc) is 3.07. The van der Waals surface area contributed by atoms with Crippen molar-refractivity contribution in [3.8, 4) is 0 Å². The number of carbonyl (C=O) groups excluding carboxylic acids is 1. The molecule has 2 aliphatic rings. The van der Waals surface area contributed by atoms with E-state index in [2.05, 4.69) is 0 Å². The first kappa shape index (κ1) is 23.2. The van der Waals surface area contributed by atoms with Crippen LogP contribution in [-0.4, -0.2) is 76.6 Å². The van der Waals surface area contributed by atoms with Crippen LogP contribution in [0.4, 0.5) is 0 Å². The predicted molar refractivity (Wildman–Crippen MR) is 115 cm³/mol. The highest BCUT2D eigenvalue weighted by Gasteiger charge is 2.27. The molecule has 168 valence electrons. The van der Waals surface area contributed by atoms with Crippen molar-refractivity contribution in [2.24, 2.45) is 5.92 Å². The molecule has 0 radical (unpaired) electrons. The Labute approximate surface area is 180 Å². The molecule has 2 saturated heterocycles. The van der Waals surface area contributed by atoms with Gasteiger partial charge in [-0.2, -0.15) is 4.31 Å². The number of amides is 1. The van der Waals surface area contributed by atoms with Crippen molar-refractivity contribution in [3.05, 3.63) is 29.8 Å². The van der Waals surface area contributed by atoms with Crippen molar-refractivity contribution in [3.63, 3.8) is 0 Å². The molecular weight excluding hydrogens is 404 g/mol. The van der Waals surface area contributed by atoms with Gasteiger partial charge in [-0.3, -0.25) is 4.79 Å². The maximum Gasteiger partial charge on any atom is 0.253 e. The minimum Gasteiger partial charge on any atom is -0.382 e. The summed E-state index contributed by atoms with van der Waals surface area (Å²) in [7, 11) is -1.83. The number of piperidine rings is 1. The summed E-state index contributed by atoms with van der Waals surface area (Å²) in [5.41, 5.74) is 0.541. The largest absolute Gasteiger partial charge is 0.382 e. The fraction of sp³-hybridized carbons (Fsp3) is 0.682. The molecule has 1 aromatic carbocycles. The maximum absolute atomic E-state index is 12.9. The van der Waals surface area contributed by atoms with E-state index in [-0.39, 0.29) is 10.8 Å². The molecule has 0 aliphatic carbocycles. The van der Waals surface area contributed by atoms with Gasteiger partial charge in [-0.25, -0.2) is 8.42 Å². The van der Waals surface area contributed by atoms with Gasteiger partial charge in [0.05, 0.1) is 18.1 Å². The minimum atomic E-state index is -3.49. The first-order valence-electron chi connectivity index (χ1n) is 11.0. The fourth-order valence-corrected chi connectivity index (χ4v) is 5.60. The van der Waals surface area contributed by atoms with Crippen LogP contribution in [0.3, 0.4) is 0 Å². The van der Waals surface area contributed by atoms with Gasteiger partial charge in [-0.1, -0.05) is 12.8 Å². The molecule has 7 nitrogen and oxygen atoms in total. The molecule has 0 atom stereocenters. The van der Waals surface area contributed by atoms with Crippen LogP contribution < -0.4 is 0 Å². The molecule has 0 unspecified atom stereocenters. The summed E-state index contributed by atoms with van der Waals surface area (Å²) in [6.45, 7) is 4.45. The first-order chi connectivity index (χ1) is 14.5. The topological polar surface area (TPSA) is 76.1 Å². The van der Waals surface area contributed by atoms with Crippen molar-refractivity contribution in [2.75, 3.05) is 53.1 Å². The number of ether oxygens (including phenoxy) is 2. The Morgan fingerprint density at radius 3 is 2.20 bits per heavy atom.